The Morgan fingerprint density at radius 2 is 1.69 bits per heavy atom. The van der Waals surface area contributed by atoms with Crippen LogP contribution >= 0.6 is 0 Å². The molecule has 1 aliphatic carbocycles. The molecule has 1 saturated heterocycles. The van der Waals surface area contributed by atoms with E-state index in [-0.39, 0.29) is 33.9 Å². The van der Waals surface area contributed by atoms with Crippen molar-refractivity contribution in [2.45, 2.75) is 50.7 Å². The van der Waals surface area contributed by atoms with Crippen molar-refractivity contribution in [2.24, 2.45) is 0 Å². The monoisotopic (exact) mass is 482 g/mol. The summed E-state index contributed by atoms with van der Waals surface area (Å²) in [4.78, 5) is 13.5. The fourth-order valence-corrected chi connectivity index (χ4v) is 4.98. The topological polar surface area (TPSA) is 146 Å². The third-order valence-electron chi connectivity index (χ3n) is 6.72. The Kier molecular flexibility index (Phi) is 5.70. The molecule has 1 unspecified atom stereocenters. The highest BCUT2D eigenvalue weighted by Gasteiger charge is 2.44. The molecular weight excluding hydrogens is 456 g/mol. The fraction of sp³-hybridized carbons (Fsp3) is 0.346. The van der Waals surface area contributed by atoms with Crippen LogP contribution < -0.4 is 9.47 Å². The normalized spacial score (nSPS) is 27.9. The van der Waals surface area contributed by atoms with Crippen molar-refractivity contribution >= 4 is 16.6 Å². The van der Waals surface area contributed by atoms with E-state index in [2.05, 4.69) is 0 Å². The maximum atomic E-state index is 13.5. The van der Waals surface area contributed by atoms with E-state index in [9.17, 15) is 30.3 Å². The average molecular weight is 482 g/mol. The van der Waals surface area contributed by atoms with Gasteiger partial charge in [0.2, 0.25) is 12.1 Å². The van der Waals surface area contributed by atoms with Crippen molar-refractivity contribution < 1.29 is 44.5 Å². The SMILES string of the molecule is COc1cccc2c1C(=O)c1c(O)cc3cc(C)cc(O[C@@H]4O[C@@H](C)[C@H](O)[C@@H](O)[C@H]4O)c3c1C2O. The minimum absolute atomic E-state index is 0.0790. The Hall–Kier alpha value is -3.21. The summed E-state index contributed by atoms with van der Waals surface area (Å²) in [5.74, 6) is -0.359. The third-order valence-corrected chi connectivity index (χ3v) is 6.72. The van der Waals surface area contributed by atoms with Gasteiger partial charge < -0.3 is 39.7 Å². The van der Waals surface area contributed by atoms with Crippen molar-refractivity contribution in [1.82, 2.24) is 0 Å². The predicted octanol–water partition coefficient (Wildman–Crippen LogP) is 1.69. The first-order valence-electron chi connectivity index (χ1n) is 11.2. The molecular formula is C26H26O9. The van der Waals surface area contributed by atoms with E-state index in [1.54, 1.807) is 37.3 Å². The van der Waals surface area contributed by atoms with Gasteiger partial charge in [-0.3, -0.25) is 4.79 Å². The second-order valence-electron chi connectivity index (χ2n) is 9.00. The van der Waals surface area contributed by atoms with Crippen LogP contribution in [0.2, 0.25) is 0 Å². The third kappa shape index (κ3) is 3.55. The average Bonchev–Trinajstić information content (AvgIpc) is 2.83. The summed E-state index contributed by atoms with van der Waals surface area (Å²) in [6.07, 6.45) is -7.79. The highest BCUT2D eigenvalue weighted by Crippen LogP contribution is 2.48. The molecule has 1 aliphatic heterocycles. The number of ether oxygens (including phenoxy) is 3. The summed E-state index contributed by atoms with van der Waals surface area (Å²) in [5.41, 5.74) is 1.30. The van der Waals surface area contributed by atoms with Crippen molar-refractivity contribution in [3.63, 3.8) is 0 Å². The van der Waals surface area contributed by atoms with Gasteiger partial charge in [-0.25, -0.2) is 0 Å². The lowest BCUT2D eigenvalue weighted by Gasteiger charge is -2.39. The van der Waals surface area contributed by atoms with Crippen molar-refractivity contribution in [1.29, 1.82) is 0 Å². The van der Waals surface area contributed by atoms with Crippen molar-refractivity contribution in [2.75, 3.05) is 7.11 Å². The molecule has 0 aromatic heterocycles. The molecule has 1 fully saturated rings. The van der Waals surface area contributed by atoms with Gasteiger partial charge >= 0.3 is 0 Å². The molecule has 2 aliphatic rings. The minimum atomic E-state index is -1.55. The largest absolute Gasteiger partial charge is 0.507 e. The second-order valence-corrected chi connectivity index (χ2v) is 9.00. The molecule has 5 rings (SSSR count). The molecule has 1 heterocycles. The molecule has 0 radical (unpaired) electrons. The molecule has 0 spiro atoms. The quantitative estimate of drug-likeness (QED) is 0.376. The van der Waals surface area contributed by atoms with Crippen LogP contribution in [0.1, 0.15) is 45.6 Å². The van der Waals surface area contributed by atoms with E-state index < -0.39 is 42.6 Å². The lowest BCUT2D eigenvalue weighted by Crippen LogP contribution is -2.58. The number of phenols is 1. The second kappa shape index (κ2) is 8.47. The number of hydrogen-bond donors (Lipinski definition) is 5. The van der Waals surface area contributed by atoms with Crippen molar-refractivity contribution in [3.05, 3.63) is 64.2 Å². The number of fused-ring (bicyclic) bond motifs is 4. The number of aryl methyl sites for hydroxylation is 1. The van der Waals surface area contributed by atoms with E-state index in [0.29, 0.717) is 16.3 Å². The highest BCUT2D eigenvalue weighted by molar-refractivity contribution is 6.19. The molecule has 0 bridgehead atoms. The summed E-state index contributed by atoms with van der Waals surface area (Å²) in [7, 11) is 1.42. The number of carbonyl (C=O) groups excluding carboxylic acids is 1. The van der Waals surface area contributed by atoms with Crippen LogP contribution in [-0.4, -0.2) is 69.1 Å². The maximum Gasteiger partial charge on any atom is 0.229 e. The van der Waals surface area contributed by atoms with Crippen LogP contribution in [0.5, 0.6) is 17.2 Å². The van der Waals surface area contributed by atoms with E-state index in [1.165, 1.54) is 20.1 Å². The molecule has 5 N–H and O–H groups in total. The van der Waals surface area contributed by atoms with Gasteiger partial charge in [-0.1, -0.05) is 18.2 Å². The molecule has 35 heavy (non-hydrogen) atoms. The zero-order chi connectivity index (χ0) is 25.2. The van der Waals surface area contributed by atoms with E-state index in [0.717, 1.165) is 5.56 Å². The van der Waals surface area contributed by atoms with Crippen LogP contribution in [0.25, 0.3) is 10.8 Å². The number of hydrogen-bond acceptors (Lipinski definition) is 9. The Morgan fingerprint density at radius 3 is 2.40 bits per heavy atom. The Labute approximate surface area is 200 Å². The number of carbonyl (C=O) groups is 1. The molecule has 9 heteroatoms. The first-order chi connectivity index (χ1) is 16.6. The number of methoxy groups -OCH3 is 1. The molecule has 184 valence electrons. The molecule has 6 atom stereocenters. The van der Waals surface area contributed by atoms with E-state index in [4.69, 9.17) is 14.2 Å². The van der Waals surface area contributed by atoms with Crippen LogP contribution in [0.4, 0.5) is 0 Å². The van der Waals surface area contributed by atoms with Gasteiger partial charge in [0.15, 0.2) is 0 Å². The van der Waals surface area contributed by atoms with Gasteiger partial charge in [-0.15, -0.1) is 0 Å². The molecule has 0 saturated carbocycles. The van der Waals surface area contributed by atoms with Gasteiger partial charge in [-0.2, -0.15) is 0 Å². The van der Waals surface area contributed by atoms with E-state index >= 15 is 0 Å². The number of ketones is 1. The molecule has 0 amide bonds. The van der Waals surface area contributed by atoms with Crippen LogP contribution in [0.15, 0.2) is 36.4 Å². The van der Waals surface area contributed by atoms with Crippen LogP contribution in [-0.2, 0) is 4.74 Å². The number of aliphatic hydroxyl groups excluding tert-OH is 4. The number of aromatic hydroxyl groups is 1. The van der Waals surface area contributed by atoms with Gasteiger partial charge in [0, 0.05) is 10.9 Å². The summed E-state index contributed by atoms with van der Waals surface area (Å²) >= 11 is 0. The zero-order valence-electron chi connectivity index (χ0n) is 19.3. The summed E-state index contributed by atoms with van der Waals surface area (Å²) in [6.45, 7) is 3.33. The first kappa shape index (κ1) is 23.5. The zero-order valence-corrected chi connectivity index (χ0v) is 19.3. The smallest absolute Gasteiger partial charge is 0.229 e. The minimum Gasteiger partial charge on any atom is -0.507 e. The van der Waals surface area contributed by atoms with Crippen LogP contribution in [0, 0.1) is 6.92 Å². The Morgan fingerprint density at radius 1 is 0.943 bits per heavy atom. The van der Waals surface area contributed by atoms with Gasteiger partial charge in [-0.05, 0) is 48.6 Å². The summed E-state index contributed by atoms with van der Waals surface area (Å²) in [6, 6.07) is 9.70. The number of aliphatic hydroxyl groups is 4. The molecule has 9 nitrogen and oxygen atoms in total. The lowest BCUT2D eigenvalue weighted by atomic mass is 9.79. The highest BCUT2D eigenvalue weighted by atomic mass is 16.7. The maximum absolute atomic E-state index is 13.5. The summed E-state index contributed by atoms with van der Waals surface area (Å²) in [5, 5.41) is 53.8. The Bertz CT molecular complexity index is 1330. The standard InChI is InChI=1S/C26H26O9/c1-10-7-12-9-14(27)19-20(22(29)13-5-4-6-15(33-3)18(13)23(19)30)17(12)16(8-10)35-26-25(32)24(31)21(28)11(2)34-26/h4-9,11,21-22,24-29,31-32H,1-3H3/t11-,21-,22?,24+,25+,26-/m0/s1. The van der Waals surface area contributed by atoms with E-state index in [1.807, 2.05) is 0 Å². The first-order valence-corrected chi connectivity index (χ1v) is 11.2. The molecule has 3 aromatic carbocycles. The van der Waals surface area contributed by atoms with Crippen LogP contribution in [0.3, 0.4) is 0 Å². The fourth-order valence-electron chi connectivity index (χ4n) is 4.98. The van der Waals surface area contributed by atoms with Gasteiger partial charge in [0.1, 0.15) is 41.7 Å². The van der Waals surface area contributed by atoms with Gasteiger partial charge in [0.05, 0.1) is 24.3 Å². The number of rotatable bonds is 3. The summed E-state index contributed by atoms with van der Waals surface area (Å²) < 4.78 is 16.9. The van der Waals surface area contributed by atoms with Gasteiger partial charge in [0.25, 0.3) is 0 Å². The predicted molar refractivity (Wildman–Crippen MR) is 124 cm³/mol. The lowest BCUT2D eigenvalue weighted by molar-refractivity contribution is -0.267. The number of benzene rings is 3. The number of phenolic OH excluding ortho intramolecular Hbond substituents is 1. The Balaban J connectivity index is 1.72. The molecule has 3 aromatic rings. The van der Waals surface area contributed by atoms with Crippen molar-refractivity contribution in [3.8, 4) is 17.2 Å².